The van der Waals surface area contributed by atoms with E-state index in [2.05, 4.69) is 49.7 Å². The van der Waals surface area contributed by atoms with Crippen molar-refractivity contribution < 1.29 is 0 Å². The van der Waals surface area contributed by atoms with Gasteiger partial charge in [-0.3, -0.25) is 9.48 Å². The summed E-state index contributed by atoms with van der Waals surface area (Å²) in [7, 11) is 1.88. The zero-order valence-electron chi connectivity index (χ0n) is 13.7. The highest BCUT2D eigenvalue weighted by molar-refractivity contribution is 5.59. The van der Waals surface area contributed by atoms with Crippen LogP contribution in [0.3, 0.4) is 0 Å². The first-order valence-electron chi connectivity index (χ1n) is 7.31. The number of hydrogen-bond acceptors (Lipinski definition) is 3. The van der Waals surface area contributed by atoms with Crippen LogP contribution in [0.4, 0.5) is 0 Å². The van der Waals surface area contributed by atoms with Gasteiger partial charge in [0.15, 0.2) is 0 Å². The first kappa shape index (κ1) is 15.5. The molecule has 0 unspecified atom stereocenters. The molecule has 0 aliphatic heterocycles. The molecule has 5 heteroatoms. The maximum Gasteiger partial charge on any atom is 0.251 e. The Morgan fingerprint density at radius 1 is 1.33 bits per heavy atom. The van der Waals surface area contributed by atoms with Crippen LogP contribution in [-0.2, 0) is 18.9 Å². The molecule has 1 N–H and O–H groups in total. The van der Waals surface area contributed by atoms with Gasteiger partial charge in [0.25, 0.3) is 5.56 Å². The summed E-state index contributed by atoms with van der Waals surface area (Å²) in [5, 5.41) is 4.53. The Hall–Kier alpha value is -1.91. The fourth-order valence-corrected chi connectivity index (χ4v) is 2.37. The third-order valence-electron chi connectivity index (χ3n) is 3.21. The zero-order chi connectivity index (χ0) is 15.8. The third-order valence-corrected chi connectivity index (χ3v) is 3.21. The van der Waals surface area contributed by atoms with Crippen LogP contribution in [0.25, 0.3) is 11.4 Å². The second-order valence-electron chi connectivity index (χ2n) is 7.00. The zero-order valence-corrected chi connectivity index (χ0v) is 13.7. The first-order chi connectivity index (χ1) is 9.66. The Bertz CT molecular complexity index is 689. The highest BCUT2D eigenvalue weighted by atomic mass is 16.1. The van der Waals surface area contributed by atoms with Gasteiger partial charge >= 0.3 is 0 Å². The van der Waals surface area contributed by atoms with Gasteiger partial charge in [0.1, 0.15) is 5.82 Å². The number of aromatic amines is 1. The van der Waals surface area contributed by atoms with Crippen LogP contribution >= 0.6 is 0 Å². The van der Waals surface area contributed by atoms with Crippen molar-refractivity contribution in [1.82, 2.24) is 19.7 Å². The van der Waals surface area contributed by atoms with E-state index in [9.17, 15) is 4.79 Å². The molecule has 2 heterocycles. The minimum atomic E-state index is -0.112. The Balaban J connectivity index is 2.57. The number of nitrogens with zero attached hydrogens (tertiary/aromatic N) is 3. The van der Waals surface area contributed by atoms with Gasteiger partial charge in [0.05, 0.1) is 11.3 Å². The van der Waals surface area contributed by atoms with E-state index in [0.29, 0.717) is 11.7 Å². The van der Waals surface area contributed by atoms with Gasteiger partial charge in [-0.25, -0.2) is 4.98 Å². The molecule has 0 saturated heterocycles. The third kappa shape index (κ3) is 3.60. The topological polar surface area (TPSA) is 63.6 Å². The second-order valence-corrected chi connectivity index (χ2v) is 7.00. The van der Waals surface area contributed by atoms with Crippen molar-refractivity contribution in [2.75, 3.05) is 0 Å². The van der Waals surface area contributed by atoms with Gasteiger partial charge in [-0.15, -0.1) is 0 Å². The number of H-pyrrole nitrogens is 1. The van der Waals surface area contributed by atoms with Crippen molar-refractivity contribution >= 4 is 0 Å². The molecule has 0 bridgehead atoms. The summed E-state index contributed by atoms with van der Waals surface area (Å²) < 4.78 is 1.77. The quantitative estimate of drug-likeness (QED) is 0.944. The van der Waals surface area contributed by atoms with Gasteiger partial charge in [0.2, 0.25) is 0 Å². The monoisotopic (exact) mass is 288 g/mol. The van der Waals surface area contributed by atoms with Crippen LogP contribution in [0.15, 0.2) is 17.1 Å². The van der Waals surface area contributed by atoms with E-state index in [1.165, 1.54) is 0 Å². The molecule has 2 aromatic heterocycles. The second kappa shape index (κ2) is 5.47. The molecule has 2 aromatic rings. The van der Waals surface area contributed by atoms with Crippen LogP contribution in [0.1, 0.15) is 46.0 Å². The highest BCUT2D eigenvalue weighted by Crippen LogP contribution is 2.29. The van der Waals surface area contributed by atoms with E-state index in [1.807, 2.05) is 13.2 Å². The summed E-state index contributed by atoms with van der Waals surface area (Å²) in [6.07, 6.45) is 2.71. The molecule has 0 aromatic carbocycles. The fraction of sp³-hybridized carbons (Fsp3) is 0.562. The largest absolute Gasteiger partial charge is 0.306 e. The normalized spacial score (nSPS) is 12.1. The lowest BCUT2D eigenvalue weighted by molar-refractivity contribution is 0.553. The number of hydrogen-bond donors (Lipinski definition) is 1. The average molecular weight is 288 g/mol. The number of nitrogens with one attached hydrogen (secondary N) is 1. The van der Waals surface area contributed by atoms with Crippen LogP contribution in [0, 0.1) is 5.92 Å². The Labute approximate surface area is 125 Å². The predicted octanol–water partition coefficient (Wildman–Crippen LogP) is 2.67. The van der Waals surface area contributed by atoms with Gasteiger partial charge in [-0.2, -0.15) is 5.10 Å². The fourth-order valence-electron chi connectivity index (χ4n) is 2.37. The molecule has 2 rings (SSSR count). The van der Waals surface area contributed by atoms with E-state index in [1.54, 1.807) is 10.7 Å². The summed E-state index contributed by atoms with van der Waals surface area (Å²) in [6.45, 7) is 10.6. The van der Waals surface area contributed by atoms with Gasteiger partial charge < -0.3 is 4.98 Å². The molecular weight excluding hydrogens is 264 g/mol. The molecule has 0 aliphatic carbocycles. The Morgan fingerprint density at radius 2 is 2.00 bits per heavy atom. The van der Waals surface area contributed by atoms with Crippen LogP contribution in [0.2, 0.25) is 0 Å². The molecule has 0 amide bonds. The number of rotatable bonds is 3. The SMILES string of the molecule is CC(C)Cc1cc(=O)[nH]c(-c2cn(C)nc2C(C)(C)C)n1. The number of aromatic nitrogens is 4. The maximum atomic E-state index is 11.9. The lowest BCUT2D eigenvalue weighted by Gasteiger charge is -2.17. The molecule has 0 fully saturated rings. The van der Waals surface area contributed by atoms with Crippen LogP contribution < -0.4 is 5.56 Å². The van der Waals surface area contributed by atoms with E-state index in [0.717, 1.165) is 23.4 Å². The Kier molecular flexibility index (Phi) is 4.03. The molecule has 0 spiro atoms. The van der Waals surface area contributed by atoms with Crippen molar-refractivity contribution in [3.8, 4) is 11.4 Å². The van der Waals surface area contributed by atoms with Crippen molar-refractivity contribution in [1.29, 1.82) is 0 Å². The predicted molar refractivity (Wildman–Crippen MR) is 84.3 cm³/mol. The molecule has 0 saturated carbocycles. The minimum absolute atomic E-state index is 0.108. The highest BCUT2D eigenvalue weighted by Gasteiger charge is 2.24. The molecule has 5 nitrogen and oxygen atoms in total. The van der Waals surface area contributed by atoms with Gasteiger partial charge in [-0.05, 0) is 12.3 Å². The van der Waals surface area contributed by atoms with E-state index in [-0.39, 0.29) is 11.0 Å². The molecule has 0 radical (unpaired) electrons. The molecule has 114 valence electrons. The smallest absolute Gasteiger partial charge is 0.251 e. The summed E-state index contributed by atoms with van der Waals surface area (Å²) in [6, 6.07) is 1.58. The van der Waals surface area contributed by atoms with Crippen molar-refractivity contribution in [2.45, 2.75) is 46.5 Å². The molecular formula is C16H24N4O. The van der Waals surface area contributed by atoms with Crippen LogP contribution in [-0.4, -0.2) is 19.7 Å². The van der Waals surface area contributed by atoms with Gasteiger partial charge in [0, 0.05) is 30.4 Å². The standard InChI is InChI=1S/C16H24N4O/c1-10(2)7-11-8-13(21)18-15(17-11)12-9-20(6)19-14(12)16(3,4)5/h8-10H,7H2,1-6H3,(H,17,18,21). The van der Waals surface area contributed by atoms with Gasteiger partial charge in [-0.1, -0.05) is 34.6 Å². The van der Waals surface area contributed by atoms with Crippen molar-refractivity contribution in [2.24, 2.45) is 13.0 Å². The van der Waals surface area contributed by atoms with Crippen molar-refractivity contribution in [3.05, 3.63) is 34.0 Å². The minimum Gasteiger partial charge on any atom is -0.306 e. The molecule has 0 atom stereocenters. The van der Waals surface area contributed by atoms with E-state index >= 15 is 0 Å². The Morgan fingerprint density at radius 3 is 2.57 bits per heavy atom. The van der Waals surface area contributed by atoms with E-state index < -0.39 is 0 Å². The van der Waals surface area contributed by atoms with Crippen molar-refractivity contribution in [3.63, 3.8) is 0 Å². The lowest BCUT2D eigenvalue weighted by Crippen LogP contribution is -2.16. The van der Waals surface area contributed by atoms with Crippen LogP contribution in [0.5, 0.6) is 0 Å². The average Bonchev–Trinajstić information content (AvgIpc) is 2.69. The number of aryl methyl sites for hydroxylation is 1. The summed E-state index contributed by atoms with van der Waals surface area (Å²) in [4.78, 5) is 19.4. The lowest BCUT2D eigenvalue weighted by atomic mass is 9.89. The summed E-state index contributed by atoms with van der Waals surface area (Å²) in [5.41, 5.74) is 2.44. The summed E-state index contributed by atoms with van der Waals surface area (Å²) >= 11 is 0. The molecule has 0 aliphatic rings. The molecule has 21 heavy (non-hydrogen) atoms. The maximum absolute atomic E-state index is 11.9. The summed E-state index contributed by atoms with van der Waals surface area (Å²) in [5.74, 6) is 1.07. The first-order valence-corrected chi connectivity index (χ1v) is 7.31. The van der Waals surface area contributed by atoms with E-state index in [4.69, 9.17) is 0 Å².